The Morgan fingerprint density at radius 2 is 2.10 bits per heavy atom. The van der Waals surface area contributed by atoms with Gasteiger partial charge in [-0.15, -0.1) is 0 Å². The van der Waals surface area contributed by atoms with E-state index in [1.54, 1.807) is 0 Å². The number of hydrogen-bond donors (Lipinski definition) is 1. The smallest absolute Gasteiger partial charge is 0.127 e. The second kappa shape index (κ2) is 6.52. The van der Waals surface area contributed by atoms with E-state index in [9.17, 15) is 0 Å². The summed E-state index contributed by atoms with van der Waals surface area (Å²) in [6.45, 7) is 5.85. The summed E-state index contributed by atoms with van der Waals surface area (Å²) in [6, 6.07) is 4.62. The Morgan fingerprint density at radius 1 is 1.30 bits per heavy atom. The first-order valence-electron chi connectivity index (χ1n) is 6.92. The molecule has 0 aromatic carbocycles. The van der Waals surface area contributed by atoms with Gasteiger partial charge in [-0.05, 0) is 12.1 Å². The number of hydrogen-bond acceptors (Lipinski definition) is 4. The van der Waals surface area contributed by atoms with Crippen LogP contribution in [-0.4, -0.2) is 27.6 Å². The summed E-state index contributed by atoms with van der Waals surface area (Å²) in [5, 5.41) is 3.39. The van der Waals surface area contributed by atoms with Gasteiger partial charge in [0, 0.05) is 51.0 Å². The quantitative estimate of drug-likeness (QED) is 0.874. The summed E-state index contributed by atoms with van der Waals surface area (Å²) in [4.78, 5) is 10.9. The number of nitrogens with zero attached hydrogens (tertiary/aromatic N) is 4. The first-order chi connectivity index (χ1) is 9.56. The van der Waals surface area contributed by atoms with Crippen LogP contribution in [0, 0.1) is 0 Å². The van der Waals surface area contributed by atoms with Crippen LogP contribution in [0.2, 0.25) is 0 Å². The van der Waals surface area contributed by atoms with E-state index < -0.39 is 0 Å². The lowest BCUT2D eigenvalue weighted by Crippen LogP contribution is -2.23. The summed E-state index contributed by atoms with van der Waals surface area (Å²) in [5.41, 5.74) is 2.21. The summed E-state index contributed by atoms with van der Waals surface area (Å²) < 4.78 is 2.04. The monoisotopic (exact) mass is 273 g/mol. The molecular formula is C15H23N5. The van der Waals surface area contributed by atoms with Crippen LogP contribution in [0.3, 0.4) is 0 Å². The lowest BCUT2D eigenvalue weighted by Gasteiger charge is -2.19. The normalized spacial score (nSPS) is 11.1. The third kappa shape index (κ3) is 3.81. The maximum atomic E-state index is 4.40. The molecule has 0 aliphatic rings. The minimum atomic E-state index is 0.464. The minimum absolute atomic E-state index is 0.464. The Balaban J connectivity index is 2.04. The Labute approximate surface area is 120 Å². The molecule has 2 aromatic rings. The molecule has 0 aliphatic carbocycles. The maximum Gasteiger partial charge on any atom is 0.127 e. The van der Waals surface area contributed by atoms with Crippen LogP contribution < -0.4 is 10.2 Å². The SMILES string of the molecule is CC(C)NCc1cc(N(C)Cc2nccn2C)ccn1. The Morgan fingerprint density at radius 3 is 2.75 bits per heavy atom. The molecule has 0 saturated carbocycles. The zero-order chi connectivity index (χ0) is 14.5. The minimum Gasteiger partial charge on any atom is -0.367 e. The highest BCUT2D eigenvalue weighted by Crippen LogP contribution is 2.15. The van der Waals surface area contributed by atoms with Gasteiger partial charge in [0.15, 0.2) is 0 Å². The molecule has 5 heteroatoms. The second-order valence-corrected chi connectivity index (χ2v) is 5.35. The van der Waals surface area contributed by atoms with Gasteiger partial charge in [-0.25, -0.2) is 4.98 Å². The van der Waals surface area contributed by atoms with Crippen molar-refractivity contribution in [2.24, 2.45) is 7.05 Å². The van der Waals surface area contributed by atoms with Gasteiger partial charge in [-0.1, -0.05) is 13.8 Å². The number of nitrogens with one attached hydrogen (secondary N) is 1. The predicted molar refractivity (Wildman–Crippen MR) is 81.5 cm³/mol. The highest BCUT2D eigenvalue weighted by molar-refractivity contribution is 5.45. The van der Waals surface area contributed by atoms with E-state index in [4.69, 9.17) is 0 Å². The molecule has 0 atom stereocenters. The van der Waals surface area contributed by atoms with Crippen LogP contribution in [-0.2, 0) is 20.1 Å². The van der Waals surface area contributed by atoms with E-state index in [2.05, 4.69) is 47.1 Å². The van der Waals surface area contributed by atoms with Crippen molar-refractivity contribution in [1.82, 2.24) is 19.9 Å². The fourth-order valence-corrected chi connectivity index (χ4v) is 1.96. The summed E-state index contributed by atoms with van der Waals surface area (Å²) >= 11 is 0. The van der Waals surface area contributed by atoms with Gasteiger partial charge in [0.05, 0.1) is 12.2 Å². The van der Waals surface area contributed by atoms with E-state index in [1.165, 1.54) is 0 Å². The van der Waals surface area contributed by atoms with E-state index in [0.29, 0.717) is 6.04 Å². The highest BCUT2D eigenvalue weighted by atomic mass is 15.2. The molecule has 1 N–H and O–H groups in total. The molecule has 0 amide bonds. The highest BCUT2D eigenvalue weighted by Gasteiger charge is 2.07. The van der Waals surface area contributed by atoms with Gasteiger partial charge in [0.1, 0.15) is 5.82 Å². The molecule has 5 nitrogen and oxygen atoms in total. The number of anilines is 1. The first-order valence-corrected chi connectivity index (χ1v) is 6.92. The summed E-state index contributed by atoms with van der Waals surface area (Å²) in [6.07, 6.45) is 5.66. The van der Waals surface area contributed by atoms with Gasteiger partial charge in [0.2, 0.25) is 0 Å². The number of imidazole rings is 1. The van der Waals surface area contributed by atoms with Gasteiger partial charge in [0.25, 0.3) is 0 Å². The van der Waals surface area contributed by atoms with Crippen LogP contribution in [0.25, 0.3) is 0 Å². The fourth-order valence-electron chi connectivity index (χ4n) is 1.96. The maximum absolute atomic E-state index is 4.40. The van der Waals surface area contributed by atoms with Gasteiger partial charge in [-0.3, -0.25) is 4.98 Å². The van der Waals surface area contributed by atoms with Crippen molar-refractivity contribution in [3.63, 3.8) is 0 Å². The number of aryl methyl sites for hydroxylation is 1. The van der Waals surface area contributed by atoms with Gasteiger partial charge < -0.3 is 14.8 Å². The fraction of sp³-hybridized carbons (Fsp3) is 0.467. The number of aromatic nitrogens is 3. The van der Waals surface area contributed by atoms with E-state index in [-0.39, 0.29) is 0 Å². The van der Waals surface area contributed by atoms with E-state index in [1.807, 2.05) is 36.3 Å². The third-order valence-corrected chi connectivity index (χ3v) is 3.23. The van der Waals surface area contributed by atoms with Crippen molar-refractivity contribution < 1.29 is 0 Å². The van der Waals surface area contributed by atoms with Crippen molar-refractivity contribution in [3.05, 3.63) is 42.2 Å². The molecule has 20 heavy (non-hydrogen) atoms. The zero-order valence-electron chi connectivity index (χ0n) is 12.7. The second-order valence-electron chi connectivity index (χ2n) is 5.35. The number of pyridine rings is 1. The zero-order valence-corrected chi connectivity index (χ0v) is 12.7. The molecule has 0 unspecified atom stereocenters. The van der Waals surface area contributed by atoms with Crippen LogP contribution in [0.5, 0.6) is 0 Å². The predicted octanol–water partition coefficient (Wildman–Crippen LogP) is 1.95. The molecule has 0 bridgehead atoms. The van der Waals surface area contributed by atoms with Crippen LogP contribution in [0.4, 0.5) is 5.69 Å². The molecule has 2 heterocycles. The molecular weight excluding hydrogens is 250 g/mol. The molecule has 108 valence electrons. The van der Waals surface area contributed by atoms with E-state index >= 15 is 0 Å². The largest absolute Gasteiger partial charge is 0.367 e. The van der Waals surface area contributed by atoms with Gasteiger partial charge in [-0.2, -0.15) is 0 Å². The molecule has 0 radical (unpaired) electrons. The van der Waals surface area contributed by atoms with Crippen LogP contribution in [0.15, 0.2) is 30.7 Å². The standard InChI is InChI=1S/C15H23N5/c1-12(2)18-10-13-9-14(5-6-16-13)20(4)11-15-17-7-8-19(15)3/h5-9,12,18H,10-11H2,1-4H3. The molecule has 0 fully saturated rings. The van der Waals surface area contributed by atoms with Crippen molar-refractivity contribution >= 4 is 5.69 Å². The Kier molecular flexibility index (Phi) is 4.74. The lowest BCUT2D eigenvalue weighted by molar-refractivity contribution is 0.581. The Hall–Kier alpha value is -1.88. The average molecular weight is 273 g/mol. The van der Waals surface area contributed by atoms with Crippen molar-refractivity contribution in [2.75, 3.05) is 11.9 Å². The van der Waals surface area contributed by atoms with Crippen LogP contribution >= 0.6 is 0 Å². The molecule has 0 aliphatic heterocycles. The topological polar surface area (TPSA) is 46.0 Å². The van der Waals surface area contributed by atoms with E-state index in [0.717, 1.165) is 30.3 Å². The average Bonchev–Trinajstić information content (AvgIpc) is 2.82. The number of rotatable bonds is 6. The van der Waals surface area contributed by atoms with Crippen molar-refractivity contribution in [1.29, 1.82) is 0 Å². The van der Waals surface area contributed by atoms with Crippen LogP contribution in [0.1, 0.15) is 25.4 Å². The molecule has 2 rings (SSSR count). The first kappa shape index (κ1) is 14.5. The molecule has 0 saturated heterocycles. The summed E-state index contributed by atoms with van der Waals surface area (Å²) in [5.74, 6) is 1.05. The van der Waals surface area contributed by atoms with Crippen molar-refractivity contribution in [2.45, 2.75) is 33.0 Å². The van der Waals surface area contributed by atoms with Gasteiger partial charge >= 0.3 is 0 Å². The molecule has 0 spiro atoms. The lowest BCUT2D eigenvalue weighted by atomic mass is 10.2. The summed E-state index contributed by atoms with van der Waals surface area (Å²) in [7, 11) is 4.09. The third-order valence-electron chi connectivity index (χ3n) is 3.23. The van der Waals surface area contributed by atoms with Crippen molar-refractivity contribution in [3.8, 4) is 0 Å². The molecule has 2 aromatic heterocycles. The Bertz CT molecular complexity index is 547.